The van der Waals surface area contributed by atoms with Gasteiger partial charge in [-0.2, -0.15) is 5.26 Å². The number of quaternary nitrogens is 1. The second kappa shape index (κ2) is 7.32. The highest BCUT2D eigenvalue weighted by Gasteiger charge is 2.43. The van der Waals surface area contributed by atoms with Crippen molar-refractivity contribution < 1.29 is 14.4 Å². The van der Waals surface area contributed by atoms with E-state index in [4.69, 9.17) is 4.74 Å². The first kappa shape index (κ1) is 17.6. The first-order valence-electron chi connectivity index (χ1n) is 8.99. The highest BCUT2D eigenvalue weighted by Crippen LogP contribution is 2.39. The van der Waals surface area contributed by atoms with E-state index in [1.165, 1.54) is 10.6 Å². The van der Waals surface area contributed by atoms with Gasteiger partial charge in [0, 0.05) is 5.69 Å². The maximum absolute atomic E-state index is 12.3. The van der Waals surface area contributed by atoms with Crippen LogP contribution in [0.5, 0.6) is 5.75 Å². The number of carbonyl (C=O) groups excluding carboxylic acids is 1. The number of nitrogens with zero attached hydrogens (tertiary/aromatic N) is 2. The molecule has 2 N–H and O–H groups in total. The molecule has 1 atom stereocenters. The third-order valence-electron chi connectivity index (χ3n) is 5.34. The van der Waals surface area contributed by atoms with Gasteiger partial charge in [-0.1, -0.05) is 0 Å². The Hall–Kier alpha value is -2.26. The second-order valence-corrected chi connectivity index (χ2v) is 7.25. The molecule has 1 heterocycles. The van der Waals surface area contributed by atoms with Crippen LogP contribution in [-0.2, 0) is 4.79 Å². The minimum atomic E-state index is -0.693. The summed E-state index contributed by atoms with van der Waals surface area (Å²) < 4.78 is 5.20. The standard InChI is InChI=1S/C19H26N4O2/c1-19(14-20,15-3-4-15)21-18(24)13-22-9-11-23(12-10-22)16-5-7-17(25-2)8-6-16/h5-8,15H,3-4,9-13H2,1-2H3,(H,21,24)/p+1/t19-/m1/s1. The number of rotatable bonds is 6. The Labute approximate surface area is 149 Å². The number of piperazine rings is 1. The summed E-state index contributed by atoms with van der Waals surface area (Å²) in [6, 6.07) is 10.4. The molecule has 134 valence electrons. The number of ether oxygens (including phenoxy) is 1. The Kier molecular flexibility index (Phi) is 5.14. The average molecular weight is 343 g/mol. The van der Waals surface area contributed by atoms with Gasteiger partial charge in [0.15, 0.2) is 6.54 Å². The molecule has 6 nitrogen and oxygen atoms in total. The minimum absolute atomic E-state index is 0.0103. The zero-order valence-corrected chi connectivity index (χ0v) is 15.0. The zero-order valence-electron chi connectivity index (χ0n) is 15.0. The molecule has 25 heavy (non-hydrogen) atoms. The van der Waals surface area contributed by atoms with E-state index in [2.05, 4.69) is 28.4 Å². The van der Waals surface area contributed by atoms with Gasteiger partial charge in [0.2, 0.25) is 0 Å². The van der Waals surface area contributed by atoms with Crippen molar-refractivity contribution in [1.82, 2.24) is 5.32 Å². The van der Waals surface area contributed by atoms with Gasteiger partial charge < -0.3 is 19.9 Å². The zero-order chi connectivity index (χ0) is 17.9. The number of hydrogen-bond acceptors (Lipinski definition) is 4. The summed E-state index contributed by atoms with van der Waals surface area (Å²) in [5.74, 6) is 1.17. The van der Waals surface area contributed by atoms with E-state index in [0.29, 0.717) is 12.5 Å². The number of methoxy groups -OCH3 is 1. The molecule has 6 heteroatoms. The Morgan fingerprint density at radius 3 is 2.52 bits per heavy atom. The van der Waals surface area contributed by atoms with Gasteiger partial charge in [-0.15, -0.1) is 0 Å². The van der Waals surface area contributed by atoms with E-state index >= 15 is 0 Å². The van der Waals surface area contributed by atoms with Crippen molar-refractivity contribution in [2.24, 2.45) is 5.92 Å². The van der Waals surface area contributed by atoms with Gasteiger partial charge in [-0.3, -0.25) is 4.79 Å². The fourth-order valence-corrected chi connectivity index (χ4v) is 3.49. The van der Waals surface area contributed by atoms with Crippen LogP contribution in [0.25, 0.3) is 0 Å². The molecule has 0 radical (unpaired) electrons. The molecule has 1 amide bonds. The third-order valence-corrected chi connectivity index (χ3v) is 5.34. The van der Waals surface area contributed by atoms with Crippen molar-refractivity contribution in [3.05, 3.63) is 24.3 Å². The third kappa shape index (κ3) is 4.23. The van der Waals surface area contributed by atoms with Gasteiger partial charge in [0.25, 0.3) is 5.91 Å². The molecule has 2 aliphatic rings. The topological polar surface area (TPSA) is 69.8 Å². The molecule has 0 unspecified atom stereocenters. The van der Waals surface area contributed by atoms with E-state index in [1.54, 1.807) is 7.11 Å². The molecule has 3 rings (SSSR count). The molecule has 1 aromatic rings. The lowest BCUT2D eigenvalue weighted by Crippen LogP contribution is -3.16. The van der Waals surface area contributed by atoms with Gasteiger partial charge in [-0.05, 0) is 49.9 Å². The van der Waals surface area contributed by atoms with Gasteiger partial charge in [0.1, 0.15) is 11.3 Å². The predicted octanol–water partition coefficient (Wildman–Crippen LogP) is 0.209. The average Bonchev–Trinajstić information content (AvgIpc) is 3.48. The predicted molar refractivity (Wildman–Crippen MR) is 95.7 cm³/mol. The Balaban J connectivity index is 1.47. The lowest BCUT2D eigenvalue weighted by molar-refractivity contribution is -0.892. The van der Waals surface area contributed by atoms with Crippen molar-refractivity contribution in [1.29, 1.82) is 5.26 Å². The molecule has 1 saturated carbocycles. The van der Waals surface area contributed by atoms with E-state index in [9.17, 15) is 10.1 Å². The fraction of sp³-hybridized carbons (Fsp3) is 0.579. The minimum Gasteiger partial charge on any atom is -0.497 e. The van der Waals surface area contributed by atoms with Crippen molar-refractivity contribution in [2.75, 3.05) is 44.7 Å². The molecule has 1 aliphatic heterocycles. The van der Waals surface area contributed by atoms with Crippen molar-refractivity contribution in [2.45, 2.75) is 25.3 Å². The molecule has 0 bridgehead atoms. The number of hydrogen-bond donors (Lipinski definition) is 2. The van der Waals surface area contributed by atoms with E-state index < -0.39 is 5.54 Å². The monoisotopic (exact) mass is 343 g/mol. The van der Waals surface area contributed by atoms with Gasteiger partial charge in [-0.25, -0.2) is 0 Å². The SMILES string of the molecule is COc1ccc(N2CC[NH+](CC(=O)N[C@](C)(C#N)C3CC3)CC2)cc1. The van der Waals surface area contributed by atoms with Crippen LogP contribution >= 0.6 is 0 Å². The Morgan fingerprint density at radius 1 is 1.36 bits per heavy atom. The summed E-state index contributed by atoms with van der Waals surface area (Å²) in [7, 11) is 1.67. The normalized spacial score (nSPS) is 20.4. The number of nitriles is 1. The van der Waals surface area contributed by atoms with E-state index in [-0.39, 0.29) is 5.91 Å². The van der Waals surface area contributed by atoms with Crippen LogP contribution in [0, 0.1) is 17.2 Å². The van der Waals surface area contributed by atoms with E-state index in [1.807, 2.05) is 19.1 Å². The summed E-state index contributed by atoms with van der Waals surface area (Å²) in [5, 5.41) is 12.3. The summed E-state index contributed by atoms with van der Waals surface area (Å²) in [6.07, 6.45) is 2.08. The molecule has 0 spiro atoms. The first-order valence-corrected chi connectivity index (χ1v) is 8.99. The second-order valence-electron chi connectivity index (χ2n) is 7.25. The Bertz CT molecular complexity index is 642. The molecule has 2 fully saturated rings. The number of anilines is 1. The van der Waals surface area contributed by atoms with Crippen LogP contribution in [0.1, 0.15) is 19.8 Å². The molecular formula is C19H27N4O2+. The number of carbonyl (C=O) groups is 1. The highest BCUT2D eigenvalue weighted by molar-refractivity contribution is 5.78. The summed E-state index contributed by atoms with van der Waals surface area (Å²) in [5.41, 5.74) is 0.497. The molecule has 0 aromatic heterocycles. The maximum atomic E-state index is 12.3. The lowest BCUT2D eigenvalue weighted by Gasteiger charge is -2.34. The summed E-state index contributed by atoms with van der Waals surface area (Å²) in [6.45, 7) is 5.98. The molecule has 1 saturated heterocycles. The largest absolute Gasteiger partial charge is 0.497 e. The van der Waals surface area contributed by atoms with Crippen LogP contribution in [-0.4, -0.2) is 51.3 Å². The lowest BCUT2D eigenvalue weighted by atomic mass is 9.98. The quantitative estimate of drug-likeness (QED) is 0.775. The van der Waals surface area contributed by atoms with Gasteiger partial charge in [0.05, 0.1) is 39.4 Å². The highest BCUT2D eigenvalue weighted by atomic mass is 16.5. The van der Waals surface area contributed by atoms with Gasteiger partial charge >= 0.3 is 0 Å². The van der Waals surface area contributed by atoms with Crippen molar-refractivity contribution in [3.63, 3.8) is 0 Å². The number of benzene rings is 1. The van der Waals surface area contributed by atoms with Crippen LogP contribution in [0.15, 0.2) is 24.3 Å². The van der Waals surface area contributed by atoms with Crippen LogP contribution in [0.4, 0.5) is 5.69 Å². The van der Waals surface area contributed by atoms with Crippen LogP contribution < -0.4 is 19.9 Å². The summed E-state index contributed by atoms with van der Waals surface area (Å²) >= 11 is 0. The van der Waals surface area contributed by atoms with Crippen molar-refractivity contribution >= 4 is 11.6 Å². The van der Waals surface area contributed by atoms with Crippen LogP contribution in [0.3, 0.4) is 0 Å². The van der Waals surface area contributed by atoms with E-state index in [0.717, 1.165) is 44.8 Å². The fourth-order valence-electron chi connectivity index (χ4n) is 3.49. The molecular weight excluding hydrogens is 316 g/mol. The number of nitrogens with one attached hydrogen (secondary N) is 2. The molecule has 1 aromatic carbocycles. The maximum Gasteiger partial charge on any atom is 0.276 e. The first-order chi connectivity index (χ1) is 12.0. The smallest absolute Gasteiger partial charge is 0.276 e. The Morgan fingerprint density at radius 2 is 2.00 bits per heavy atom. The van der Waals surface area contributed by atoms with Crippen LogP contribution in [0.2, 0.25) is 0 Å². The summed E-state index contributed by atoms with van der Waals surface area (Å²) in [4.78, 5) is 15.9. The van der Waals surface area contributed by atoms with Crippen molar-refractivity contribution in [3.8, 4) is 11.8 Å². The molecule has 1 aliphatic carbocycles. The number of amides is 1.